The van der Waals surface area contributed by atoms with E-state index >= 15 is 0 Å². The summed E-state index contributed by atoms with van der Waals surface area (Å²) >= 11 is 6.30. The van der Waals surface area contributed by atoms with Crippen LogP contribution < -0.4 is 20.1 Å². The van der Waals surface area contributed by atoms with Gasteiger partial charge in [-0.1, -0.05) is 11.6 Å². The van der Waals surface area contributed by atoms with Crippen molar-refractivity contribution in [2.24, 2.45) is 0 Å². The van der Waals surface area contributed by atoms with Gasteiger partial charge in [-0.25, -0.2) is 10.1 Å². The number of nitrogens with zero attached hydrogens (tertiary/aromatic N) is 2. The van der Waals surface area contributed by atoms with Crippen LogP contribution in [0.1, 0.15) is 26.3 Å². The van der Waals surface area contributed by atoms with Gasteiger partial charge in [0.2, 0.25) is 5.95 Å². The van der Waals surface area contributed by atoms with Gasteiger partial charge < -0.3 is 20.1 Å². The van der Waals surface area contributed by atoms with E-state index in [2.05, 4.69) is 25.8 Å². The third-order valence-corrected chi connectivity index (χ3v) is 3.42. The van der Waals surface area contributed by atoms with Gasteiger partial charge in [0.1, 0.15) is 6.33 Å². The molecule has 2 aromatic rings. The molecule has 0 saturated carbocycles. The number of aromatic nitrogens is 3. The molecule has 1 amide bonds. The molecule has 2 rings (SSSR count). The molecule has 0 unspecified atom stereocenters. The molecule has 25 heavy (non-hydrogen) atoms. The molecule has 0 aliphatic heterocycles. The number of carbonyl (C=O) groups is 1. The first-order valence-electron chi connectivity index (χ1n) is 7.68. The van der Waals surface area contributed by atoms with Crippen molar-refractivity contribution in [1.82, 2.24) is 20.5 Å². The lowest BCUT2D eigenvalue weighted by atomic mass is 10.1. The monoisotopic (exact) mass is 367 g/mol. The Bertz CT molecular complexity index is 713. The quantitative estimate of drug-likeness (QED) is 0.694. The molecule has 0 fully saturated rings. The minimum absolute atomic E-state index is 0.125. The van der Waals surface area contributed by atoms with Crippen molar-refractivity contribution < 1.29 is 14.3 Å². The Hall–Kier alpha value is -2.48. The van der Waals surface area contributed by atoms with E-state index in [1.165, 1.54) is 13.4 Å². The normalized spacial score (nSPS) is 11.1. The third kappa shape index (κ3) is 5.82. The fourth-order valence-corrected chi connectivity index (χ4v) is 2.27. The number of amides is 1. The molecule has 0 bridgehead atoms. The Morgan fingerprint density at radius 1 is 1.32 bits per heavy atom. The van der Waals surface area contributed by atoms with Crippen LogP contribution >= 0.6 is 11.6 Å². The molecule has 1 heterocycles. The first kappa shape index (κ1) is 18.9. The van der Waals surface area contributed by atoms with Gasteiger partial charge in [0.05, 0.1) is 7.11 Å². The molecule has 0 saturated heterocycles. The van der Waals surface area contributed by atoms with Gasteiger partial charge in [-0.3, -0.25) is 4.79 Å². The zero-order valence-electron chi connectivity index (χ0n) is 14.6. The van der Waals surface area contributed by atoms with Crippen molar-refractivity contribution in [3.63, 3.8) is 0 Å². The summed E-state index contributed by atoms with van der Waals surface area (Å²) in [7, 11) is 1.53. The fraction of sp³-hybridized carbons (Fsp3) is 0.438. The molecule has 3 N–H and O–H groups in total. The average molecular weight is 368 g/mol. The molecule has 8 nitrogen and oxygen atoms in total. The van der Waals surface area contributed by atoms with Crippen LogP contribution in [0.4, 0.5) is 5.95 Å². The highest BCUT2D eigenvalue weighted by atomic mass is 35.5. The highest BCUT2D eigenvalue weighted by molar-refractivity contribution is 6.31. The lowest BCUT2D eigenvalue weighted by Crippen LogP contribution is -2.43. The van der Waals surface area contributed by atoms with Gasteiger partial charge in [-0.05, 0) is 32.4 Å². The second-order valence-electron chi connectivity index (χ2n) is 6.37. The molecule has 0 aliphatic rings. The Morgan fingerprint density at radius 2 is 2.08 bits per heavy atom. The molecular formula is C16H22ClN5O3. The first-order chi connectivity index (χ1) is 11.8. The second kappa shape index (κ2) is 8.06. The van der Waals surface area contributed by atoms with Crippen LogP contribution in [0.15, 0.2) is 18.5 Å². The average Bonchev–Trinajstić information content (AvgIpc) is 3.03. The topological polar surface area (TPSA) is 101 Å². The van der Waals surface area contributed by atoms with E-state index in [1.54, 1.807) is 12.1 Å². The smallest absolute Gasteiger partial charge is 0.258 e. The van der Waals surface area contributed by atoms with Gasteiger partial charge in [0.15, 0.2) is 18.1 Å². The number of H-pyrrole nitrogens is 1. The maximum atomic E-state index is 11.9. The molecule has 136 valence electrons. The van der Waals surface area contributed by atoms with Crippen molar-refractivity contribution in [3.05, 3.63) is 29.0 Å². The number of aromatic amines is 1. The SMILES string of the molecule is COc1cc(CNc2ncn[nH]2)c(Cl)cc1OCC(=O)NC(C)(C)C. The van der Waals surface area contributed by atoms with Crippen molar-refractivity contribution in [2.75, 3.05) is 19.0 Å². The number of anilines is 1. The zero-order chi connectivity index (χ0) is 18.4. The van der Waals surface area contributed by atoms with Crippen LogP contribution in [0, 0.1) is 0 Å². The molecule has 1 aromatic carbocycles. The first-order valence-corrected chi connectivity index (χ1v) is 8.06. The Labute approximate surface area is 151 Å². The number of ether oxygens (including phenoxy) is 2. The number of hydrogen-bond donors (Lipinski definition) is 3. The summed E-state index contributed by atoms with van der Waals surface area (Å²) in [5.41, 5.74) is 0.472. The van der Waals surface area contributed by atoms with Gasteiger partial charge in [-0.2, -0.15) is 5.10 Å². The number of rotatable bonds is 7. The van der Waals surface area contributed by atoms with Crippen LogP contribution in [-0.2, 0) is 11.3 Å². The molecule has 0 spiro atoms. The third-order valence-electron chi connectivity index (χ3n) is 3.07. The lowest BCUT2D eigenvalue weighted by molar-refractivity contribution is -0.124. The van der Waals surface area contributed by atoms with Crippen molar-refractivity contribution in [1.29, 1.82) is 0 Å². The molecule has 0 aliphatic carbocycles. The number of nitrogens with one attached hydrogen (secondary N) is 3. The Morgan fingerprint density at radius 3 is 2.68 bits per heavy atom. The predicted octanol–water partition coefficient (Wildman–Crippen LogP) is 2.37. The van der Waals surface area contributed by atoms with E-state index < -0.39 is 0 Å². The number of benzene rings is 1. The van der Waals surface area contributed by atoms with Crippen molar-refractivity contribution in [2.45, 2.75) is 32.9 Å². The Balaban J connectivity index is 2.04. The minimum atomic E-state index is -0.321. The van der Waals surface area contributed by atoms with E-state index in [1.807, 2.05) is 20.8 Å². The van der Waals surface area contributed by atoms with Gasteiger partial charge in [0, 0.05) is 23.2 Å². The number of halogens is 1. The van der Waals surface area contributed by atoms with Crippen molar-refractivity contribution >= 4 is 23.5 Å². The van der Waals surface area contributed by atoms with E-state index in [9.17, 15) is 4.79 Å². The summed E-state index contributed by atoms with van der Waals surface area (Å²) in [6, 6.07) is 3.38. The van der Waals surface area contributed by atoms with Gasteiger partial charge in [0.25, 0.3) is 5.91 Å². The Kier molecular flexibility index (Phi) is 6.08. The number of hydrogen-bond acceptors (Lipinski definition) is 6. The summed E-state index contributed by atoms with van der Waals surface area (Å²) in [4.78, 5) is 15.9. The zero-order valence-corrected chi connectivity index (χ0v) is 15.4. The van der Waals surface area contributed by atoms with Crippen LogP contribution in [0.5, 0.6) is 11.5 Å². The summed E-state index contributed by atoms with van der Waals surface area (Å²) in [6.07, 6.45) is 1.41. The fourth-order valence-electron chi connectivity index (χ4n) is 2.05. The van der Waals surface area contributed by atoms with Crippen LogP contribution in [0.25, 0.3) is 0 Å². The second-order valence-corrected chi connectivity index (χ2v) is 6.78. The van der Waals surface area contributed by atoms with Crippen LogP contribution in [0.3, 0.4) is 0 Å². The summed E-state index contributed by atoms with van der Waals surface area (Å²) in [5, 5.41) is 12.8. The van der Waals surface area contributed by atoms with Crippen LogP contribution in [-0.4, -0.2) is 40.3 Å². The van der Waals surface area contributed by atoms with Gasteiger partial charge >= 0.3 is 0 Å². The lowest BCUT2D eigenvalue weighted by Gasteiger charge is -2.21. The standard InChI is InChI=1S/C16H22ClN5O3/c1-16(2,3)21-14(23)8-25-13-6-11(17)10(5-12(13)24-4)7-18-15-19-9-20-22-15/h5-6,9H,7-8H2,1-4H3,(H,21,23)(H2,18,19,20,22). The minimum Gasteiger partial charge on any atom is -0.493 e. The molecular weight excluding hydrogens is 346 g/mol. The maximum Gasteiger partial charge on any atom is 0.258 e. The summed E-state index contributed by atoms with van der Waals surface area (Å²) in [6.45, 7) is 6.00. The summed E-state index contributed by atoms with van der Waals surface area (Å²) in [5.74, 6) is 1.21. The number of methoxy groups -OCH3 is 1. The molecule has 0 radical (unpaired) electrons. The largest absolute Gasteiger partial charge is 0.493 e. The van der Waals surface area contributed by atoms with E-state index in [-0.39, 0.29) is 18.1 Å². The maximum absolute atomic E-state index is 11.9. The number of carbonyl (C=O) groups excluding carboxylic acids is 1. The highest BCUT2D eigenvalue weighted by Gasteiger charge is 2.16. The van der Waals surface area contributed by atoms with Gasteiger partial charge in [-0.15, -0.1) is 0 Å². The van der Waals surface area contributed by atoms with E-state index in [0.717, 1.165) is 5.56 Å². The predicted molar refractivity (Wildman–Crippen MR) is 95.1 cm³/mol. The molecule has 1 aromatic heterocycles. The highest BCUT2D eigenvalue weighted by Crippen LogP contribution is 2.33. The summed E-state index contributed by atoms with van der Waals surface area (Å²) < 4.78 is 10.9. The van der Waals surface area contributed by atoms with Crippen LogP contribution in [0.2, 0.25) is 5.02 Å². The molecule has 9 heteroatoms. The van der Waals surface area contributed by atoms with E-state index in [4.69, 9.17) is 21.1 Å². The van der Waals surface area contributed by atoms with E-state index in [0.29, 0.717) is 29.0 Å². The molecule has 0 atom stereocenters. The van der Waals surface area contributed by atoms with Crippen molar-refractivity contribution in [3.8, 4) is 11.5 Å².